The molecule has 302 valence electrons. The lowest BCUT2D eigenvalue weighted by Gasteiger charge is -2.48. The Balaban J connectivity index is 1.55. The van der Waals surface area contributed by atoms with Crippen LogP contribution in [0.15, 0.2) is 60.7 Å². The molecule has 0 fully saturated rings. The molecule has 2 N–H and O–H groups in total. The molecule has 0 radical (unpaired) electrons. The van der Waals surface area contributed by atoms with Crippen LogP contribution in [0, 0.1) is 0 Å². The van der Waals surface area contributed by atoms with Crippen LogP contribution in [-0.4, -0.2) is 98.6 Å². The molecule has 12 nitrogen and oxygen atoms in total. The van der Waals surface area contributed by atoms with E-state index in [2.05, 4.69) is 0 Å². The third-order valence-corrected chi connectivity index (χ3v) is 12.9. The van der Waals surface area contributed by atoms with Crippen LogP contribution in [0.1, 0.15) is 59.3 Å². The number of carbonyl (C=O) groups is 2. The Morgan fingerprint density at radius 1 is 0.737 bits per heavy atom. The number of benzene rings is 4. The summed E-state index contributed by atoms with van der Waals surface area (Å²) in [6, 6.07) is 16.6. The summed E-state index contributed by atoms with van der Waals surface area (Å²) >= 11 is 0. The highest BCUT2D eigenvalue weighted by Gasteiger charge is 2.50. The summed E-state index contributed by atoms with van der Waals surface area (Å²) in [4.78, 5) is 25.6. The number of rotatable bonds is 9. The maximum Gasteiger partial charge on any atom is 0.362 e. The molecule has 57 heavy (non-hydrogen) atoms. The molecule has 4 aliphatic heterocycles. The monoisotopic (exact) mass is 786 g/mol. The van der Waals surface area contributed by atoms with Crippen molar-refractivity contribution in [3.8, 4) is 46.0 Å². The Morgan fingerprint density at radius 2 is 1.30 bits per heavy atom. The third-order valence-electron chi connectivity index (χ3n) is 12.9. The number of nitrogens with zero attached hydrogens (tertiary/aromatic N) is 2. The number of alkyl halides is 1. The van der Waals surface area contributed by atoms with Gasteiger partial charge in [0.1, 0.15) is 17.8 Å². The van der Waals surface area contributed by atoms with Gasteiger partial charge in [0.2, 0.25) is 12.6 Å². The van der Waals surface area contributed by atoms with Gasteiger partial charge in [0, 0.05) is 31.2 Å². The maximum absolute atomic E-state index is 14.4. The van der Waals surface area contributed by atoms with Crippen LogP contribution in [0.2, 0.25) is 0 Å². The largest absolute Gasteiger partial charge is 0.493 e. The smallest absolute Gasteiger partial charge is 0.362 e. The van der Waals surface area contributed by atoms with Crippen LogP contribution in [0.5, 0.6) is 46.0 Å². The summed E-state index contributed by atoms with van der Waals surface area (Å²) in [5.41, 5.74) is 5.23. The molecule has 0 spiro atoms. The standard InChI is InChI=1S/C44H49FN2O10/c1-25(43(48)49)46(3)16-14-29-21-36(53-6)38-23-32(29)33(46)18-27-8-11-31(12-9-27)56-37-20-28(10-13-35(37)52-5)19-34-40-30(15-17-47(34,4)26(2)44(50)51)22-39(54-7)41(55-24-45)42(40)57-38/h8-13,20-23,25-26,33-34H,14-19,24H2,1-7H3/p+2. The summed E-state index contributed by atoms with van der Waals surface area (Å²) in [5, 5.41) is 20.9. The van der Waals surface area contributed by atoms with Gasteiger partial charge in [0.25, 0.3) is 0 Å². The maximum atomic E-state index is 14.4. The number of methoxy groups -OCH3 is 3. The zero-order chi connectivity index (χ0) is 40.8. The first-order chi connectivity index (χ1) is 27.3. The summed E-state index contributed by atoms with van der Waals surface area (Å²) in [5.74, 6) is 0.951. The quantitative estimate of drug-likeness (QED) is 0.165. The molecule has 0 amide bonds. The van der Waals surface area contributed by atoms with E-state index in [1.807, 2.05) is 74.8 Å². The van der Waals surface area contributed by atoms with Crippen molar-refractivity contribution < 1.29 is 61.6 Å². The second-order valence-electron chi connectivity index (χ2n) is 15.7. The lowest BCUT2D eigenvalue weighted by Crippen LogP contribution is -2.59. The number of hydrogen-bond donors (Lipinski definition) is 2. The van der Waals surface area contributed by atoms with Crippen molar-refractivity contribution >= 4 is 11.9 Å². The van der Waals surface area contributed by atoms with E-state index in [9.17, 15) is 24.2 Å². The molecule has 6 atom stereocenters. The highest BCUT2D eigenvalue weighted by molar-refractivity contribution is 5.72. The lowest BCUT2D eigenvalue weighted by atomic mass is 9.84. The Kier molecular flexibility index (Phi) is 10.7. The van der Waals surface area contributed by atoms with Crippen LogP contribution < -0.4 is 28.4 Å². The number of likely N-dealkylation sites (N-methyl/N-ethyl adjacent to an activating group) is 2. The van der Waals surface area contributed by atoms with Gasteiger partial charge in [-0.05, 0) is 78.6 Å². The van der Waals surface area contributed by atoms with Crippen molar-refractivity contribution in [3.05, 3.63) is 94.0 Å². The number of fused-ring (bicyclic) bond motifs is 2. The van der Waals surface area contributed by atoms with Crippen LogP contribution in [0.4, 0.5) is 4.39 Å². The van der Waals surface area contributed by atoms with Gasteiger partial charge in [-0.2, -0.15) is 0 Å². The fraction of sp³-hybridized carbons (Fsp3) is 0.409. The summed E-state index contributed by atoms with van der Waals surface area (Å²) in [6.07, 6.45) is 1.91. The van der Waals surface area contributed by atoms with E-state index in [1.54, 1.807) is 28.1 Å². The van der Waals surface area contributed by atoms with Gasteiger partial charge in [0.05, 0.1) is 54.1 Å². The van der Waals surface area contributed by atoms with Crippen molar-refractivity contribution in [1.82, 2.24) is 0 Å². The predicted molar refractivity (Wildman–Crippen MR) is 209 cm³/mol. The van der Waals surface area contributed by atoms with Gasteiger partial charge < -0.3 is 47.6 Å². The number of carboxylic acids is 2. The molecule has 6 bridgehead atoms. The lowest BCUT2D eigenvalue weighted by molar-refractivity contribution is -0.954. The Morgan fingerprint density at radius 3 is 1.91 bits per heavy atom. The van der Waals surface area contributed by atoms with E-state index in [4.69, 9.17) is 28.4 Å². The average molecular weight is 787 g/mol. The molecular formula is C44H51FN2O10+2. The molecule has 0 aliphatic carbocycles. The van der Waals surface area contributed by atoms with E-state index < -0.39 is 36.9 Å². The minimum absolute atomic E-state index is 0.0318. The van der Waals surface area contributed by atoms with Crippen molar-refractivity contribution in [2.75, 3.05) is 55.4 Å². The van der Waals surface area contributed by atoms with Crippen molar-refractivity contribution in [2.45, 2.75) is 63.7 Å². The number of halogens is 1. The Labute approximate surface area is 332 Å². The van der Waals surface area contributed by atoms with Crippen molar-refractivity contribution in [3.63, 3.8) is 0 Å². The number of aliphatic carboxylic acids is 2. The van der Waals surface area contributed by atoms with E-state index in [1.165, 1.54) is 7.11 Å². The van der Waals surface area contributed by atoms with Gasteiger partial charge in [-0.1, -0.05) is 18.2 Å². The molecule has 8 rings (SSSR count). The molecule has 0 saturated carbocycles. The number of quaternary nitrogens is 2. The Bertz CT molecular complexity index is 2190. The van der Waals surface area contributed by atoms with E-state index >= 15 is 0 Å². The van der Waals surface area contributed by atoms with Gasteiger partial charge in [-0.25, -0.2) is 14.0 Å². The first kappa shape index (κ1) is 39.7. The average Bonchev–Trinajstić information content (AvgIpc) is 3.20. The molecule has 6 unspecified atom stereocenters. The molecule has 4 aliphatic rings. The normalized spacial score (nSPS) is 23.3. The zero-order valence-corrected chi connectivity index (χ0v) is 33.5. The molecule has 4 heterocycles. The van der Waals surface area contributed by atoms with Gasteiger partial charge in [-0.15, -0.1) is 0 Å². The Hall–Kier alpha value is -5.53. The molecule has 0 saturated heterocycles. The SMILES string of the molecule is COc1ccc2cc1Oc1ccc(cc1)CC1c3cc(c(OC)cc3CC[N+]1(C)C(C)C(=O)O)Oc1c(OCF)c(OC)cc3c1C(C2)[N+](C)(C(C)C(=O)O)CC3. The van der Waals surface area contributed by atoms with Crippen molar-refractivity contribution in [1.29, 1.82) is 0 Å². The topological polar surface area (TPSA) is 130 Å². The molecule has 13 heteroatoms. The van der Waals surface area contributed by atoms with E-state index in [-0.39, 0.29) is 32.3 Å². The first-order valence-electron chi connectivity index (χ1n) is 19.2. The van der Waals surface area contributed by atoms with Crippen molar-refractivity contribution in [2.24, 2.45) is 0 Å². The van der Waals surface area contributed by atoms with Crippen LogP contribution >= 0.6 is 0 Å². The minimum atomic E-state index is -1.18. The van der Waals surface area contributed by atoms with Gasteiger partial charge >= 0.3 is 11.9 Å². The summed E-state index contributed by atoms with van der Waals surface area (Å²) in [6.45, 7) is 3.31. The molecule has 0 aromatic heterocycles. The fourth-order valence-corrected chi connectivity index (χ4v) is 9.09. The second kappa shape index (κ2) is 15.4. The summed E-state index contributed by atoms with van der Waals surface area (Å²) in [7, 11) is 8.51. The van der Waals surface area contributed by atoms with Crippen LogP contribution in [0.25, 0.3) is 0 Å². The second-order valence-corrected chi connectivity index (χ2v) is 15.7. The minimum Gasteiger partial charge on any atom is -0.493 e. The van der Waals surface area contributed by atoms with E-state index in [0.29, 0.717) is 73.1 Å². The molecular weight excluding hydrogens is 735 g/mol. The van der Waals surface area contributed by atoms with E-state index in [0.717, 1.165) is 27.8 Å². The van der Waals surface area contributed by atoms with Gasteiger partial charge in [0.15, 0.2) is 46.6 Å². The van der Waals surface area contributed by atoms with Crippen LogP contribution in [-0.2, 0) is 35.3 Å². The molecule has 4 aromatic rings. The first-order valence-corrected chi connectivity index (χ1v) is 19.2. The number of ether oxygens (including phenoxy) is 6. The fourth-order valence-electron chi connectivity index (χ4n) is 9.09. The zero-order valence-electron chi connectivity index (χ0n) is 33.5. The summed E-state index contributed by atoms with van der Waals surface area (Å²) < 4.78 is 51.5. The highest BCUT2D eigenvalue weighted by Crippen LogP contribution is 2.54. The third kappa shape index (κ3) is 6.97. The highest BCUT2D eigenvalue weighted by atomic mass is 19.1. The molecule has 4 aromatic carbocycles. The number of carboxylic acid groups (broad SMARTS) is 2. The van der Waals surface area contributed by atoms with Gasteiger partial charge in [-0.3, -0.25) is 0 Å². The van der Waals surface area contributed by atoms with Crippen LogP contribution in [0.3, 0.4) is 0 Å². The predicted octanol–water partition coefficient (Wildman–Crippen LogP) is 7.44. The number of hydrogen-bond acceptors (Lipinski definition) is 8.